The summed E-state index contributed by atoms with van der Waals surface area (Å²) in [5, 5.41) is 5.70. The van der Waals surface area contributed by atoms with Crippen LogP contribution < -0.4 is 16.4 Å². The van der Waals surface area contributed by atoms with Crippen LogP contribution in [0.25, 0.3) is 0 Å². The minimum atomic E-state index is -0.402. The van der Waals surface area contributed by atoms with Gasteiger partial charge in [0, 0.05) is 31.6 Å². The molecule has 4 N–H and O–H groups in total. The Bertz CT molecular complexity index is 278. The summed E-state index contributed by atoms with van der Waals surface area (Å²) in [5.74, 6) is -0.510. The van der Waals surface area contributed by atoms with Crippen molar-refractivity contribution >= 4 is 11.8 Å². The summed E-state index contributed by atoms with van der Waals surface area (Å²) in [4.78, 5) is 21.8. The zero-order chi connectivity index (χ0) is 10.6. The molecule has 0 aromatic carbocycles. The Balaban J connectivity index is 2.31. The fourth-order valence-electron chi connectivity index (χ4n) is 1.11. The van der Waals surface area contributed by atoms with E-state index < -0.39 is 5.91 Å². The normalized spacial score (nSPS) is 14.5. The third kappa shape index (κ3) is 2.85. The highest BCUT2D eigenvalue weighted by molar-refractivity contribution is 5.94. The Kier molecular flexibility index (Phi) is 3.64. The molecule has 14 heavy (non-hydrogen) atoms. The van der Waals surface area contributed by atoms with E-state index in [0.29, 0.717) is 6.54 Å². The lowest BCUT2D eigenvalue weighted by Gasteiger charge is -2.21. The van der Waals surface area contributed by atoms with Crippen LogP contribution in [0, 0.1) is 0 Å². The maximum absolute atomic E-state index is 11.4. The minimum Gasteiger partial charge on any atom is -0.370 e. The topological polar surface area (TPSA) is 84.2 Å². The van der Waals surface area contributed by atoms with Crippen LogP contribution in [0.5, 0.6) is 0 Å². The fraction of sp³-hybridized carbons (Fsp3) is 0.556. The number of hydrogen-bond acceptors (Lipinski definition) is 3. The zero-order valence-electron chi connectivity index (χ0n) is 8.22. The molecule has 0 saturated carbocycles. The standard InChI is InChI=1S/C9H15N3O2/c1-6(7-4-11-5-7)9(14)12-3-2-8(10)13/h11H,2-5H2,1H3,(H2,10,13)(H,12,14). The minimum absolute atomic E-state index is 0.109. The number of hydrogen-bond donors (Lipinski definition) is 3. The molecule has 1 heterocycles. The lowest BCUT2D eigenvalue weighted by atomic mass is 10.0. The Morgan fingerprint density at radius 3 is 2.57 bits per heavy atom. The van der Waals surface area contributed by atoms with Gasteiger partial charge in [0.05, 0.1) is 0 Å². The molecule has 5 heteroatoms. The van der Waals surface area contributed by atoms with Crippen molar-refractivity contribution in [3.05, 3.63) is 11.1 Å². The van der Waals surface area contributed by atoms with Gasteiger partial charge in [-0.2, -0.15) is 0 Å². The molecule has 0 spiro atoms. The van der Waals surface area contributed by atoms with E-state index in [1.165, 1.54) is 0 Å². The highest BCUT2D eigenvalue weighted by atomic mass is 16.2. The predicted octanol–water partition coefficient (Wildman–Crippen LogP) is -1.10. The summed E-state index contributed by atoms with van der Waals surface area (Å²) in [6, 6.07) is 0. The molecule has 0 aliphatic carbocycles. The summed E-state index contributed by atoms with van der Waals surface area (Å²) in [6.45, 7) is 3.67. The first-order valence-electron chi connectivity index (χ1n) is 4.57. The number of amides is 2. The average Bonchev–Trinajstić information content (AvgIpc) is 2.00. The van der Waals surface area contributed by atoms with Gasteiger partial charge in [-0.25, -0.2) is 0 Å². The molecule has 78 valence electrons. The van der Waals surface area contributed by atoms with Crippen molar-refractivity contribution in [2.75, 3.05) is 19.6 Å². The number of carbonyl (C=O) groups is 2. The highest BCUT2D eigenvalue weighted by Crippen LogP contribution is 2.08. The summed E-state index contributed by atoms with van der Waals surface area (Å²) in [6.07, 6.45) is 0.187. The highest BCUT2D eigenvalue weighted by Gasteiger charge is 2.15. The Hall–Kier alpha value is -1.36. The maximum atomic E-state index is 11.4. The van der Waals surface area contributed by atoms with Crippen molar-refractivity contribution in [3.8, 4) is 0 Å². The molecule has 1 rings (SSSR count). The van der Waals surface area contributed by atoms with Crippen LogP contribution >= 0.6 is 0 Å². The molecule has 1 fully saturated rings. The van der Waals surface area contributed by atoms with Crippen LogP contribution in [-0.4, -0.2) is 31.4 Å². The molecule has 1 aliphatic heterocycles. The zero-order valence-corrected chi connectivity index (χ0v) is 8.22. The molecule has 5 nitrogen and oxygen atoms in total. The van der Waals surface area contributed by atoms with Crippen molar-refractivity contribution < 1.29 is 9.59 Å². The van der Waals surface area contributed by atoms with Crippen molar-refractivity contribution in [2.24, 2.45) is 5.73 Å². The van der Waals surface area contributed by atoms with Gasteiger partial charge in [0.1, 0.15) is 0 Å². The van der Waals surface area contributed by atoms with Crippen LogP contribution in [0.1, 0.15) is 13.3 Å². The van der Waals surface area contributed by atoms with E-state index in [0.717, 1.165) is 24.2 Å². The van der Waals surface area contributed by atoms with Crippen molar-refractivity contribution in [1.29, 1.82) is 0 Å². The largest absolute Gasteiger partial charge is 0.370 e. The number of nitrogens with two attached hydrogens (primary N) is 1. The van der Waals surface area contributed by atoms with Gasteiger partial charge in [0.2, 0.25) is 11.8 Å². The van der Waals surface area contributed by atoms with Crippen molar-refractivity contribution in [1.82, 2.24) is 10.6 Å². The molecule has 0 bridgehead atoms. The third-order valence-corrected chi connectivity index (χ3v) is 2.20. The molecule has 1 aliphatic rings. The van der Waals surface area contributed by atoms with Gasteiger partial charge in [0.25, 0.3) is 0 Å². The number of primary amides is 1. The van der Waals surface area contributed by atoms with Gasteiger partial charge in [-0.05, 0) is 12.5 Å². The number of carbonyl (C=O) groups excluding carboxylic acids is 2. The van der Waals surface area contributed by atoms with E-state index >= 15 is 0 Å². The number of rotatable bonds is 4. The molecule has 1 saturated heterocycles. The van der Waals surface area contributed by atoms with E-state index in [2.05, 4.69) is 10.6 Å². The smallest absolute Gasteiger partial charge is 0.246 e. The number of nitrogens with one attached hydrogen (secondary N) is 2. The first-order chi connectivity index (χ1) is 6.61. The summed E-state index contributed by atoms with van der Waals surface area (Å²) in [5.41, 5.74) is 6.81. The molecular formula is C9H15N3O2. The summed E-state index contributed by atoms with van der Waals surface area (Å²) < 4.78 is 0. The Morgan fingerprint density at radius 2 is 2.14 bits per heavy atom. The predicted molar refractivity (Wildman–Crippen MR) is 52.4 cm³/mol. The summed E-state index contributed by atoms with van der Waals surface area (Å²) in [7, 11) is 0. The first kappa shape index (κ1) is 10.7. The molecule has 0 aromatic rings. The lowest BCUT2D eigenvalue weighted by molar-refractivity contribution is -0.118. The quantitative estimate of drug-likeness (QED) is 0.500. The molecule has 0 aromatic heterocycles. The van der Waals surface area contributed by atoms with Crippen LogP contribution in [0.2, 0.25) is 0 Å². The van der Waals surface area contributed by atoms with Crippen LogP contribution in [0.3, 0.4) is 0 Å². The van der Waals surface area contributed by atoms with Gasteiger partial charge in [-0.15, -0.1) is 0 Å². The van der Waals surface area contributed by atoms with E-state index in [4.69, 9.17) is 5.73 Å². The second-order valence-electron chi connectivity index (χ2n) is 3.30. The average molecular weight is 197 g/mol. The van der Waals surface area contributed by atoms with E-state index in [1.807, 2.05) is 0 Å². The van der Waals surface area contributed by atoms with Crippen LogP contribution in [0.15, 0.2) is 11.1 Å². The monoisotopic (exact) mass is 197 g/mol. The molecular weight excluding hydrogens is 182 g/mol. The van der Waals surface area contributed by atoms with Gasteiger partial charge < -0.3 is 16.4 Å². The van der Waals surface area contributed by atoms with Crippen LogP contribution in [-0.2, 0) is 9.59 Å². The SMILES string of the molecule is CC(C(=O)NCCC(N)=O)=C1CNC1. The lowest BCUT2D eigenvalue weighted by Crippen LogP contribution is -2.38. The van der Waals surface area contributed by atoms with Crippen LogP contribution in [0.4, 0.5) is 0 Å². The van der Waals surface area contributed by atoms with E-state index in [1.54, 1.807) is 6.92 Å². The van der Waals surface area contributed by atoms with Gasteiger partial charge in [0.15, 0.2) is 0 Å². The molecule has 0 radical (unpaired) electrons. The van der Waals surface area contributed by atoms with Gasteiger partial charge >= 0.3 is 0 Å². The molecule has 0 atom stereocenters. The van der Waals surface area contributed by atoms with Gasteiger partial charge in [-0.3, -0.25) is 9.59 Å². The van der Waals surface area contributed by atoms with E-state index in [-0.39, 0.29) is 12.3 Å². The Morgan fingerprint density at radius 1 is 1.50 bits per heavy atom. The molecule has 2 amide bonds. The fourth-order valence-corrected chi connectivity index (χ4v) is 1.11. The third-order valence-electron chi connectivity index (χ3n) is 2.20. The molecule has 0 unspecified atom stereocenters. The maximum Gasteiger partial charge on any atom is 0.246 e. The second-order valence-corrected chi connectivity index (χ2v) is 3.30. The van der Waals surface area contributed by atoms with Crippen molar-refractivity contribution in [2.45, 2.75) is 13.3 Å². The Labute approximate surface area is 82.7 Å². The summed E-state index contributed by atoms with van der Waals surface area (Å²) >= 11 is 0. The first-order valence-corrected chi connectivity index (χ1v) is 4.57. The van der Waals surface area contributed by atoms with Gasteiger partial charge in [-0.1, -0.05) is 0 Å². The van der Waals surface area contributed by atoms with E-state index in [9.17, 15) is 9.59 Å². The second kappa shape index (κ2) is 4.76. The van der Waals surface area contributed by atoms with Crippen molar-refractivity contribution in [3.63, 3.8) is 0 Å².